The lowest BCUT2D eigenvalue weighted by atomic mass is 9.68. The maximum atomic E-state index is 13.4. The number of likely N-dealkylation sites (tertiary alicyclic amines) is 1. The van der Waals surface area contributed by atoms with Gasteiger partial charge in [0.2, 0.25) is 5.91 Å². The van der Waals surface area contributed by atoms with E-state index in [4.69, 9.17) is 4.74 Å². The van der Waals surface area contributed by atoms with Crippen LogP contribution < -0.4 is 5.32 Å². The van der Waals surface area contributed by atoms with Gasteiger partial charge in [0.1, 0.15) is 12.1 Å². The second-order valence-electron chi connectivity index (χ2n) is 10.6. The van der Waals surface area contributed by atoms with Crippen molar-refractivity contribution in [3.05, 3.63) is 59.7 Å². The van der Waals surface area contributed by atoms with Crippen LogP contribution in [0.1, 0.15) is 55.6 Å². The van der Waals surface area contributed by atoms with Gasteiger partial charge in [0, 0.05) is 19.0 Å². The highest BCUT2D eigenvalue weighted by molar-refractivity contribution is 5.94. The van der Waals surface area contributed by atoms with Gasteiger partial charge in [-0.25, -0.2) is 4.79 Å². The van der Waals surface area contributed by atoms with Crippen LogP contribution in [0.3, 0.4) is 0 Å². The molecule has 2 saturated carbocycles. The van der Waals surface area contributed by atoms with Gasteiger partial charge in [0.25, 0.3) is 0 Å². The Morgan fingerprint density at radius 3 is 2.23 bits per heavy atom. The summed E-state index contributed by atoms with van der Waals surface area (Å²) in [6.45, 7) is 0.886. The average Bonchev–Trinajstić information content (AvgIpc) is 3.42. The molecule has 1 saturated heterocycles. The van der Waals surface area contributed by atoms with Crippen LogP contribution in [-0.4, -0.2) is 53.2 Å². The first-order valence-corrected chi connectivity index (χ1v) is 12.6. The van der Waals surface area contributed by atoms with Crippen molar-refractivity contribution < 1.29 is 24.2 Å². The van der Waals surface area contributed by atoms with Crippen molar-refractivity contribution >= 4 is 18.0 Å². The second kappa shape index (κ2) is 8.11. The zero-order valence-electron chi connectivity index (χ0n) is 19.7. The van der Waals surface area contributed by atoms with Gasteiger partial charge in [-0.2, -0.15) is 0 Å². The SMILES string of the molecule is O=C(NC1(C(=O)N2CC3CCCCC3(C(=O)O)C2)CC1)OCC1c2ccccc2-c2ccccc21. The maximum Gasteiger partial charge on any atom is 0.408 e. The van der Waals surface area contributed by atoms with Crippen LogP contribution in [0.5, 0.6) is 0 Å². The average molecular weight is 475 g/mol. The predicted molar refractivity (Wildman–Crippen MR) is 129 cm³/mol. The van der Waals surface area contributed by atoms with Crippen molar-refractivity contribution in [1.29, 1.82) is 0 Å². The number of ether oxygens (including phenoxy) is 1. The lowest BCUT2D eigenvalue weighted by molar-refractivity contribution is -0.152. The van der Waals surface area contributed by atoms with Gasteiger partial charge in [-0.1, -0.05) is 61.4 Å². The van der Waals surface area contributed by atoms with E-state index in [9.17, 15) is 19.5 Å². The number of amides is 2. The van der Waals surface area contributed by atoms with Crippen LogP contribution in [0.25, 0.3) is 11.1 Å². The molecule has 1 aliphatic heterocycles. The molecule has 0 bridgehead atoms. The highest BCUT2D eigenvalue weighted by Crippen LogP contribution is 2.49. The highest BCUT2D eigenvalue weighted by atomic mass is 16.5. The van der Waals surface area contributed by atoms with E-state index in [1.807, 2.05) is 24.3 Å². The largest absolute Gasteiger partial charge is 0.481 e. The molecule has 4 aliphatic rings. The number of nitrogens with one attached hydrogen (secondary N) is 1. The van der Waals surface area contributed by atoms with E-state index in [1.54, 1.807) is 4.90 Å². The topological polar surface area (TPSA) is 95.9 Å². The summed E-state index contributed by atoms with van der Waals surface area (Å²) in [6.07, 6.45) is 3.85. The first-order chi connectivity index (χ1) is 16.9. The Balaban J connectivity index is 1.12. The number of fused-ring (bicyclic) bond motifs is 4. The number of rotatable bonds is 5. The number of aliphatic carboxylic acids is 1. The molecular formula is C28H30N2O5. The van der Waals surface area contributed by atoms with Crippen LogP contribution in [0, 0.1) is 11.3 Å². The van der Waals surface area contributed by atoms with Crippen molar-refractivity contribution in [3.8, 4) is 11.1 Å². The molecule has 182 valence electrons. The first kappa shape index (κ1) is 22.1. The van der Waals surface area contributed by atoms with Crippen LogP contribution in [0.15, 0.2) is 48.5 Å². The molecule has 7 nitrogen and oxygen atoms in total. The molecule has 0 radical (unpaired) electrons. The molecule has 2 atom stereocenters. The van der Waals surface area contributed by atoms with Gasteiger partial charge in [-0.05, 0) is 53.9 Å². The maximum absolute atomic E-state index is 13.4. The quantitative estimate of drug-likeness (QED) is 0.678. The second-order valence-corrected chi connectivity index (χ2v) is 10.6. The smallest absolute Gasteiger partial charge is 0.408 e. The molecule has 3 aliphatic carbocycles. The van der Waals surface area contributed by atoms with Crippen LogP contribution in [0.4, 0.5) is 4.79 Å². The Morgan fingerprint density at radius 1 is 0.971 bits per heavy atom. The van der Waals surface area contributed by atoms with E-state index in [1.165, 1.54) is 0 Å². The van der Waals surface area contributed by atoms with E-state index in [0.29, 0.717) is 25.8 Å². The number of benzene rings is 2. The lowest BCUT2D eigenvalue weighted by Crippen LogP contribution is -2.51. The monoisotopic (exact) mass is 474 g/mol. The summed E-state index contributed by atoms with van der Waals surface area (Å²) >= 11 is 0. The highest BCUT2D eigenvalue weighted by Gasteiger charge is 2.59. The Morgan fingerprint density at radius 2 is 1.63 bits per heavy atom. The van der Waals surface area contributed by atoms with Gasteiger partial charge < -0.3 is 20.1 Å². The molecule has 1 heterocycles. The summed E-state index contributed by atoms with van der Waals surface area (Å²) in [7, 11) is 0. The molecule has 2 unspecified atom stereocenters. The zero-order chi connectivity index (χ0) is 24.2. The number of hydrogen-bond donors (Lipinski definition) is 2. The van der Waals surface area contributed by atoms with Crippen molar-refractivity contribution in [2.45, 2.75) is 50.0 Å². The van der Waals surface area contributed by atoms with E-state index >= 15 is 0 Å². The molecular weight excluding hydrogens is 444 g/mol. The number of carboxylic acid groups (broad SMARTS) is 1. The fourth-order valence-corrected chi connectivity index (χ4v) is 6.61. The minimum atomic E-state index is -0.963. The normalized spacial score (nSPS) is 25.8. The Bertz CT molecular complexity index is 1160. The summed E-state index contributed by atoms with van der Waals surface area (Å²) in [5, 5.41) is 12.8. The lowest BCUT2D eigenvalue weighted by Gasteiger charge is -2.34. The van der Waals surface area contributed by atoms with Crippen LogP contribution >= 0.6 is 0 Å². The van der Waals surface area contributed by atoms with Gasteiger partial charge >= 0.3 is 12.1 Å². The van der Waals surface area contributed by atoms with Gasteiger partial charge in [0.15, 0.2) is 0 Å². The standard InChI is InChI=1S/C28H30N2O5/c31-24(30-15-18-7-5-6-12-27(18,17-30)25(32)33)28(13-14-28)29-26(34)35-16-23-21-10-3-1-8-19(21)20-9-2-4-11-22(20)23/h1-4,8-11,18,23H,5-7,12-17H2,(H,29,34)(H,32,33). The van der Waals surface area contributed by atoms with Gasteiger partial charge in [0.05, 0.1) is 5.41 Å². The summed E-state index contributed by atoms with van der Waals surface area (Å²) in [4.78, 5) is 40.1. The van der Waals surface area contributed by atoms with Crippen LogP contribution in [0.2, 0.25) is 0 Å². The van der Waals surface area contributed by atoms with Gasteiger partial charge in [-0.3, -0.25) is 9.59 Å². The van der Waals surface area contributed by atoms with E-state index in [-0.39, 0.29) is 30.9 Å². The number of hydrogen-bond acceptors (Lipinski definition) is 4. The zero-order valence-corrected chi connectivity index (χ0v) is 19.7. The molecule has 0 spiro atoms. The third-order valence-electron chi connectivity index (χ3n) is 8.68. The number of carbonyl (C=O) groups excluding carboxylic acids is 2. The molecule has 2 N–H and O–H groups in total. The Hall–Kier alpha value is -3.35. The van der Waals surface area contributed by atoms with E-state index in [0.717, 1.165) is 41.5 Å². The van der Waals surface area contributed by atoms with Crippen molar-refractivity contribution in [2.75, 3.05) is 19.7 Å². The number of alkyl carbamates (subject to hydrolysis) is 1. The van der Waals surface area contributed by atoms with E-state index in [2.05, 4.69) is 29.6 Å². The Labute approximate surface area is 204 Å². The molecule has 2 aromatic rings. The molecule has 7 heteroatoms. The molecule has 3 fully saturated rings. The molecule has 35 heavy (non-hydrogen) atoms. The van der Waals surface area contributed by atoms with Gasteiger partial charge in [-0.15, -0.1) is 0 Å². The summed E-state index contributed by atoms with van der Waals surface area (Å²) in [5.74, 6) is -1.02. The summed E-state index contributed by atoms with van der Waals surface area (Å²) in [6, 6.07) is 16.3. The van der Waals surface area contributed by atoms with Crippen molar-refractivity contribution in [2.24, 2.45) is 11.3 Å². The molecule has 2 aromatic carbocycles. The fourth-order valence-electron chi connectivity index (χ4n) is 6.61. The molecule has 6 rings (SSSR count). The third kappa shape index (κ3) is 3.51. The third-order valence-corrected chi connectivity index (χ3v) is 8.68. The minimum Gasteiger partial charge on any atom is -0.481 e. The number of nitrogens with zero attached hydrogens (tertiary/aromatic N) is 1. The summed E-state index contributed by atoms with van der Waals surface area (Å²) < 4.78 is 5.67. The minimum absolute atomic E-state index is 0.0112. The number of carbonyl (C=O) groups is 3. The first-order valence-electron chi connectivity index (χ1n) is 12.6. The predicted octanol–water partition coefficient (Wildman–Crippen LogP) is 4.16. The fraction of sp³-hybridized carbons (Fsp3) is 0.464. The molecule has 0 aromatic heterocycles. The van der Waals surface area contributed by atoms with Crippen LogP contribution in [-0.2, 0) is 14.3 Å². The Kier molecular flexibility index (Phi) is 5.13. The summed E-state index contributed by atoms with van der Waals surface area (Å²) in [5.41, 5.74) is 2.79. The van der Waals surface area contributed by atoms with Crippen molar-refractivity contribution in [3.63, 3.8) is 0 Å². The molecule has 2 amide bonds. The van der Waals surface area contributed by atoms with E-state index < -0.39 is 23.0 Å². The van der Waals surface area contributed by atoms with Crippen molar-refractivity contribution in [1.82, 2.24) is 10.2 Å². The number of carboxylic acids is 1.